The lowest BCUT2D eigenvalue weighted by atomic mass is 10.0. The third-order valence-electron chi connectivity index (χ3n) is 4.72. The van der Waals surface area contributed by atoms with E-state index in [9.17, 15) is 9.18 Å². The van der Waals surface area contributed by atoms with Crippen molar-refractivity contribution >= 4 is 16.8 Å². The summed E-state index contributed by atoms with van der Waals surface area (Å²) in [5, 5.41) is 7.33. The average molecular weight is 337 g/mol. The third kappa shape index (κ3) is 3.42. The van der Waals surface area contributed by atoms with Gasteiger partial charge < -0.3 is 15.6 Å². The fraction of sp³-hybridized carbons (Fsp3) is 0.250. The average Bonchev–Trinajstić information content (AvgIpc) is 3.29. The van der Waals surface area contributed by atoms with Crippen LogP contribution in [0.3, 0.4) is 0 Å². The highest BCUT2D eigenvalue weighted by molar-refractivity contribution is 5.98. The molecule has 3 N–H and O–H groups in total. The Kier molecular flexibility index (Phi) is 4.24. The van der Waals surface area contributed by atoms with Gasteiger partial charge in [0, 0.05) is 23.5 Å². The standard InChI is InChI=1S/C20H20FN3O/c21-16-7-5-13(6-8-16)14-3-4-15-11-19(24-18(15)10-14)20(25)23-12-17-2-1-9-22-17/h3-8,10-11,17,22,24H,1-2,9,12H2,(H,23,25). The SMILES string of the molecule is O=C(NCC1CCCN1)c1cc2ccc(-c3ccc(F)cc3)cc2[nH]1. The van der Waals surface area contributed by atoms with Crippen molar-refractivity contribution in [3.8, 4) is 11.1 Å². The van der Waals surface area contributed by atoms with E-state index >= 15 is 0 Å². The van der Waals surface area contributed by atoms with Crippen LogP contribution in [0.15, 0.2) is 48.5 Å². The molecular weight excluding hydrogens is 317 g/mol. The molecule has 1 unspecified atom stereocenters. The molecule has 2 heterocycles. The lowest BCUT2D eigenvalue weighted by molar-refractivity contribution is 0.0946. The minimum absolute atomic E-state index is 0.0896. The van der Waals surface area contributed by atoms with Crippen LogP contribution in [0.5, 0.6) is 0 Å². The molecule has 1 aliphatic rings. The summed E-state index contributed by atoms with van der Waals surface area (Å²) < 4.78 is 13.1. The minimum atomic E-state index is -0.250. The smallest absolute Gasteiger partial charge is 0.267 e. The van der Waals surface area contributed by atoms with Crippen molar-refractivity contribution in [2.45, 2.75) is 18.9 Å². The van der Waals surface area contributed by atoms with Gasteiger partial charge in [0.15, 0.2) is 0 Å². The van der Waals surface area contributed by atoms with Crippen LogP contribution in [-0.4, -0.2) is 30.0 Å². The Labute approximate surface area is 145 Å². The van der Waals surface area contributed by atoms with Crippen molar-refractivity contribution in [1.82, 2.24) is 15.6 Å². The Bertz CT molecular complexity index is 895. The lowest BCUT2D eigenvalue weighted by Gasteiger charge is -2.10. The van der Waals surface area contributed by atoms with E-state index < -0.39 is 0 Å². The summed E-state index contributed by atoms with van der Waals surface area (Å²) in [6.45, 7) is 1.67. The van der Waals surface area contributed by atoms with Crippen LogP contribution in [-0.2, 0) is 0 Å². The molecule has 4 rings (SSSR count). The number of carbonyl (C=O) groups excluding carboxylic acids is 1. The Morgan fingerprint density at radius 3 is 2.68 bits per heavy atom. The largest absolute Gasteiger partial charge is 0.351 e. The summed E-state index contributed by atoms with van der Waals surface area (Å²) in [5.41, 5.74) is 3.38. The van der Waals surface area contributed by atoms with Crippen molar-refractivity contribution in [3.63, 3.8) is 0 Å². The number of nitrogens with one attached hydrogen (secondary N) is 3. The van der Waals surface area contributed by atoms with Crippen molar-refractivity contribution in [2.24, 2.45) is 0 Å². The number of hydrogen-bond acceptors (Lipinski definition) is 2. The van der Waals surface area contributed by atoms with E-state index in [1.165, 1.54) is 18.6 Å². The van der Waals surface area contributed by atoms with Crippen molar-refractivity contribution in [1.29, 1.82) is 0 Å². The second-order valence-electron chi connectivity index (χ2n) is 6.50. The number of amides is 1. The Morgan fingerprint density at radius 1 is 1.12 bits per heavy atom. The van der Waals surface area contributed by atoms with E-state index in [-0.39, 0.29) is 11.7 Å². The zero-order valence-electron chi connectivity index (χ0n) is 13.8. The Balaban J connectivity index is 1.53. The van der Waals surface area contributed by atoms with Crippen molar-refractivity contribution in [3.05, 3.63) is 60.0 Å². The van der Waals surface area contributed by atoms with E-state index in [4.69, 9.17) is 0 Å². The van der Waals surface area contributed by atoms with Crippen LogP contribution in [0.25, 0.3) is 22.0 Å². The van der Waals surface area contributed by atoms with Gasteiger partial charge in [-0.3, -0.25) is 4.79 Å². The zero-order chi connectivity index (χ0) is 17.2. The van der Waals surface area contributed by atoms with Crippen LogP contribution in [0.2, 0.25) is 0 Å². The van der Waals surface area contributed by atoms with Gasteiger partial charge in [-0.1, -0.05) is 24.3 Å². The highest BCUT2D eigenvalue weighted by Crippen LogP contribution is 2.25. The fourth-order valence-corrected chi connectivity index (χ4v) is 3.31. The summed E-state index contributed by atoms with van der Waals surface area (Å²) in [7, 11) is 0. The van der Waals surface area contributed by atoms with Gasteiger partial charge in [-0.2, -0.15) is 0 Å². The number of halogens is 1. The summed E-state index contributed by atoms with van der Waals surface area (Å²) in [5.74, 6) is -0.339. The molecule has 0 saturated carbocycles. The molecule has 128 valence electrons. The zero-order valence-corrected chi connectivity index (χ0v) is 13.8. The third-order valence-corrected chi connectivity index (χ3v) is 4.72. The molecule has 1 saturated heterocycles. The number of hydrogen-bond donors (Lipinski definition) is 3. The quantitative estimate of drug-likeness (QED) is 0.683. The van der Waals surface area contributed by atoms with Crippen LogP contribution >= 0.6 is 0 Å². The molecule has 0 bridgehead atoms. The van der Waals surface area contributed by atoms with E-state index in [1.807, 2.05) is 24.3 Å². The van der Waals surface area contributed by atoms with Crippen LogP contribution in [0, 0.1) is 5.82 Å². The van der Waals surface area contributed by atoms with E-state index in [0.717, 1.165) is 35.0 Å². The van der Waals surface area contributed by atoms with Gasteiger partial charge in [0.05, 0.1) is 0 Å². The van der Waals surface area contributed by atoms with E-state index in [0.29, 0.717) is 18.3 Å². The number of aromatic amines is 1. The lowest BCUT2D eigenvalue weighted by Crippen LogP contribution is -2.37. The monoisotopic (exact) mass is 337 g/mol. The predicted molar refractivity (Wildman–Crippen MR) is 97.1 cm³/mol. The molecular formula is C20H20FN3O. The molecule has 0 spiro atoms. The van der Waals surface area contributed by atoms with E-state index in [2.05, 4.69) is 15.6 Å². The summed E-state index contributed by atoms with van der Waals surface area (Å²) >= 11 is 0. The van der Waals surface area contributed by atoms with Gasteiger partial charge in [-0.15, -0.1) is 0 Å². The number of rotatable bonds is 4. The highest BCUT2D eigenvalue weighted by Gasteiger charge is 2.16. The summed E-state index contributed by atoms with van der Waals surface area (Å²) in [6.07, 6.45) is 2.27. The maximum absolute atomic E-state index is 13.1. The van der Waals surface area contributed by atoms with E-state index in [1.54, 1.807) is 12.1 Å². The second-order valence-corrected chi connectivity index (χ2v) is 6.50. The molecule has 4 nitrogen and oxygen atoms in total. The van der Waals surface area contributed by atoms with Gasteiger partial charge >= 0.3 is 0 Å². The molecule has 1 fully saturated rings. The molecule has 3 aromatic rings. The molecule has 25 heavy (non-hydrogen) atoms. The van der Waals surface area contributed by atoms with Gasteiger partial charge in [-0.05, 0) is 54.8 Å². The number of carbonyl (C=O) groups is 1. The predicted octanol–water partition coefficient (Wildman–Crippen LogP) is 3.46. The first-order valence-electron chi connectivity index (χ1n) is 8.59. The molecule has 1 atom stereocenters. The molecule has 1 amide bonds. The Hall–Kier alpha value is -2.66. The first-order valence-corrected chi connectivity index (χ1v) is 8.59. The van der Waals surface area contributed by atoms with Crippen molar-refractivity contribution < 1.29 is 9.18 Å². The van der Waals surface area contributed by atoms with Crippen LogP contribution in [0.1, 0.15) is 23.3 Å². The number of aromatic nitrogens is 1. The normalized spacial score (nSPS) is 17.1. The van der Waals surface area contributed by atoms with Gasteiger partial charge in [-0.25, -0.2) is 4.39 Å². The molecule has 2 aromatic carbocycles. The summed E-state index contributed by atoms with van der Waals surface area (Å²) in [4.78, 5) is 15.5. The number of H-pyrrole nitrogens is 1. The maximum atomic E-state index is 13.1. The Morgan fingerprint density at radius 2 is 1.92 bits per heavy atom. The molecule has 0 aliphatic carbocycles. The minimum Gasteiger partial charge on any atom is -0.351 e. The van der Waals surface area contributed by atoms with Crippen LogP contribution in [0.4, 0.5) is 4.39 Å². The van der Waals surface area contributed by atoms with Crippen molar-refractivity contribution in [2.75, 3.05) is 13.1 Å². The maximum Gasteiger partial charge on any atom is 0.267 e. The fourth-order valence-electron chi connectivity index (χ4n) is 3.31. The first-order chi connectivity index (χ1) is 12.2. The molecule has 1 aromatic heterocycles. The molecule has 0 radical (unpaired) electrons. The molecule has 5 heteroatoms. The summed E-state index contributed by atoms with van der Waals surface area (Å²) in [6, 6.07) is 14.6. The van der Waals surface area contributed by atoms with Gasteiger partial charge in [0.2, 0.25) is 0 Å². The van der Waals surface area contributed by atoms with Crippen LogP contribution < -0.4 is 10.6 Å². The highest BCUT2D eigenvalue weighted by atomic mass is 19.1. The first kappa shape index (κ1) is 15.8. The van der Waals surface area contributed by atoms with Gasteiger partial charge in [0.25, 0.3) is 5.91 Å². The topological polar surface area (TPSA) is 56.9 Å². The number of fused-ring (bicyclic) bond motifs is 1. The second kappa shape index (κ2) is 6.69. The molecule has 1 aliphatic heterocycles. The van der Waals surface area contributed by atoms with Gasteiger partial charge in [0.1, 0.15) is 11.5 Å². The number of benzene rings is 2.